The summed E-state index contributed by atoms with van der Waals surface area (Å²) in [5.41, 5.74) is 3.27. The summed E-state index contributed by atoms with van der Waals surface area (Å²) in [6, 6.07) is 9.51. The fraction of sp³-hybridized carbons (Fsp3) is 0.235. The fourth-order valence-corrected chi connectivity index (χ4v) is 2.18. The van der Waals surface area contributed by atoms with Crippen molar-refractivity contribution in [1.82, 2.24) is 20.3 Å². The van der Waals surface area contributed by atoms with Crippen LogP contribution in [0.5, 0.6) is 0 Å². The summed E-state index contributed by atoms with van der Waals surface area (Å²) in [7, 11) is 0. The van der Waals surface area contributed by atoms with E-state index in [1.165, 1.54) is 5.56 Å². The largest absolute Gasteiger partial charge is 0.355 e. The molecular formula is C17H18N4O2. The van der Waals surface area contributed by atoms with E-state index in [2.05, 4.69) is 15.6 Å². The topological polar surface area (TPSA) is 73.0 Å². The number of hydrogen-bond acceptors (Lipinski definition) is 4. The zero-order valence-electron chi connectivity index (χ0n) is 13.1. The molecule has 2 aromatic heterocycles. The van der Waals surface area contributed by atoms with Gasteiger partial charge in [-0.3, -0.25) is 9.48 Å². The summed E-state index contributed by atoms with van der Waals surface area (Å²) in [5, 5.41) is 10.8. The van der Waals surface area contributed by atoms with Crippen molar-refractivity contribution in [2.24, 2.45) is 0 Å². The second-order valence-electron chi connectivity index (χ2n) is 5.33. The first-order valence-electron chi connectivity index (χ1n) is 7.49. The Bertz CT molecular complexity index is 802. The van der Waals surface area contributed by atoms with Crippen molar-refractivity contribution in [3.63, 3.8) is 0 Å². The van der Waals surface area contributed by atoms with E-state index in [1.54, 1.807) is 12.3 Å². The van der Waals surface area contributed by atoms with Gasteiger partial charge in [-0.05, 0) is 13.8 Å². The maximum absolute atomic E-state index is 12.1. The summed E-state index contributed by atoms with van der Waals surface area (Å²) in [5.74, 6) is 0.310. The molecule has 1 N–H and O–H groups in total. The molecule has 0 saturated carbocycles. The number of aryl methyl sites for hydroxylation is 2. The van der Waals surface area contributed by atoms with E-state index in [-0.39, 0.29) is 11.6 Å². The number of hydrogen-bond donors (Lipinski definition) is 1. The molecule has 0 saturated heterocycles. The Balaban J connectivity index is 1.65. The van der Waals surface area contributed by atoms with E-state index in [1.807, 2.05) is 49.0 Å². The van der Waals surface area contributed by atoms with E-state index in [0.717, 1.165) is 17.7 Å². The number of nitrogens with zero attached hydrogens (tertiary/aromatic N) is 3. The molecule has 3 aromatic rings. The van der Waals surface area contributed by atoms with E-state index in [0.29, 0.717) is 12.3 Å². The minimum Gasteiger partial charge on any atom is -0.355 e. The van der Waals surface area contributed by atoms with Gasteiger partial charge >= 0.3 is 0 Å². The highest BCUT2D eigenvalue weighted by Gasteiger charge is 2.13. The number of benzene rings is 1. The van der Waals surface area contributed by atoms with Gasteiger partial charge in [-0.2, -0.15) is 5.10 Å². The van der Waals surface area contributed by atoms with E-state index >= 15 is 0 Å². The van der Waals surface area contributed by atoms with Crippen LogP contribution in [-0.2, 0) is 13.1 Å². The lowest BCUT2D eigenvalue weighted by atomic mass is 10.1. The van der Waals surface area contributed by atoms with Crippen molar-refractivity contribution in [2.75, 3.05) is 0 Å². The van der Waals surface area contributed by atoms with Gasteiger partial charge in [0.1, 0.15) is 0 Å². The third-order valence-electron chi connectivity index (χ3n) is 3.54. The van der Waals surface area contributed by atoms with Gasteiger partial charge in [0.25, 0.3) is 5.91 Å². The Morgan fingerprint density at radius 1 is 1.30 bits per heavy atom. The Labute approximate surface area is 134 Å². The lowest BCUT2D eigenvalue weighted by molar-refractivity contribution is 0.0942. The summed E-state index contributed by atoms with van der Waals surface area (Å²) in [4.78, 5) is 12.1. The average Bonchev–Trinajstić information content (AvgIpc) is 3.22. The van der Waals surface area contributed by atoms with Gasteiger partial charge in [0.05, 0.1) is 6.20 Å². The van der Waals surface area contributed by atoms with Crippen molar-refractivity contribution in [2.45, 2.75) is 26.9 Å². The van der Waals surface area contributed by atoms with Crippen LogP contribution >= 0.6 is 0 Å². The standard InChI is InChI=1S/C17H18N4O2/c1-3-21-11-13(10-19-21)9-18-17(22)15-8-16(23-20-15)14-6-4-12(2)5-7-14/h4-8,10-11H,3,9H2,1-2H3,(H,18,22). The van der Waals surface area contributed by atoms with Crippen molar-refractivity contribution in [3.05, 3.63) is 59.5 Å². The molecule has 0 spiro atoms. The molecule has 118 valence electrons. The highest BCUT2D eigenvalue weighted by atomic mass is 16.5. The van der Waals surface area contributed by atoms with Crippen LogP contribution in [0.2, 0.25) is 0 Å². The zero-order valence-corrected chi connectivity index (χ0v) is 13.1. The van der Waals surface area contributed by atoms with Crippen LogP contribution in [0.15, 0.2) is 47.2 Å². The van der Waals surface area contributed by atoms with Gasteiger partial charge in [-0.25, -0.2) is 0 Å². The van der Waals surface area contributed by atoms with Crippen molar-refractivity contribution < 1.29 is 9.32 Å². The first-order chi connectivity index (χ1) is 11.2. The number of nitrogens with one attached hydrogen (secondary N) is 1. The summed E-state index contributed by atoms with van der Waals surface area (Å²) in [6.07, 6.45) is 3.64. The first-order valence-corrected chi connectivity index (χ1v) is 7.49. The third kappa shape index (κ3) is 3.48. The molecule has 0 aliphatic rings. The van der Waals surface area contributed by atoms with Crippen LogP contribution in [0.3, 0.4) is 0 Å². The Hall–Kier alpha value is -2.89. The lowest BCUT2D eigenvalue weighted by Crippen LogP contribution is -2.22. The summed E-state index contributed by atoms with van der Waals surface area (Å²) >= 11 is 0. The van der Waals surface area contributed by atoms with Crippen LogP contribution in [0, 0.1) is 6.92 Å². The first kappa shape index (κ1) is 15.0. The maximum atomic E-state index is 12.1. The van der Waals surface area contributed by atoms with Gasteiger partial charge in [0, 0.05) is 36.5 Å². The molecule has 0 fully saturated rings. The molecule has 0 aliphatic carbocycles. The SMILES string of the molecule is CCn1cc(CNC(=O)c2cc(-c3ccc(C)cc3)on2)cn1. The molecule has 0 radical (unpaired) electrons. The predicted octanol–water partition coefficient (Wildman–Crippen LogP) is 2.80. The zero-order chi connectivity index (χ0) is 16.2. The fourth-order valence-electron chi connectivity index (χ4n) is 2.18. The molecule has 2 heterocycles. The number of rotatable bonds is 5. The third-order valence-corrected chi connectivity index (χ3v) is 3.54. The Morgan fingerprint density at radius 2 is 2.09 bits per heavy atom. The lowest BCUT2D eigenvalue weighted by Gasteiger charge is -1.99. The molecular weight excluding hydrogens is 292 g/mol. The molecule has 0 atom stereocenters. The molecule has 3 rings (SSSR count). The predicted molar refractivity (Wildman–Crippen MR) is 85.7 cm³/mol. The molecule has 23 heavy (non-hydrogen) atoms. The van der Waals surface area contributed by atoms with Gasteiger partial charge in [-0.15, -0.1) is 0 Å². The molecule has 0 aliphatic heterocycles. The monoisotopic (exact) mass is 310 g/mol. The van der Waals surface area contributed by atoms with E-state index < -0.39 is 0 Å². The van der Waals surface area contributed by atoms with Crippen LogP contribution in [0.25, 0.3) is 11.3 Å². The van der Waals surface area contributed by atoms with Crippen LogP contribution < -0.4 is 5.32 Å². The van der Waals surface area contributed by atoms with Crippen molar-refractivity contribution in [1.29, 1.82) is 0 Å². The molecule has 0 bridgehead atoms. The normalized spacial score (nSPS) is 10.7. The van der Waals surface area contributed by atoms with Gasteiger partial charge < -0.3 is 9.84 Å². The minimum atomic E-state index is -0.267. The minimum absolute atomic E-state index is 0.267. The summed E-state index contributed by atoms with van der Waals surface area (Å²) in [6.45, 7) is 5.24. The molecule has 1 aromatic carbocycles. The van der Waals surface area contributed by atoms with E-state index in [9.17, 15) is 4.79 Å². The van der Waals surface area contributed by atoms with Crippen LogP contribution in [0.1, 0.15) is 28.5 Å². The van der Waals surface area contributed by atoms with Crippen molar-refractivity contribution in [3.8, 4) is 11.3 Å². The summed E-state index contributed by atoms with van der Waals surface area (Å²) < 4.78 is 7.07. The second kappa shape index (κ2) is 6.48. The highest BCUT2D eigenvalue weighted by Crippen LogP contribution is 2.20. The van der Waals surface area contributed by atoms with Crippen LogP contribution in [-0.4, -0.2) is 20.8 Å². The van der Waals surface area contributed by atoms with Gasteiger partial charge in [0.15, 0.2) is 11.5 Å². The Kier molecular flexibility index (Phi) is 4.23. The smallest absolute Gasteiger partial charge is 0.273 e. The van der Waals surface area contributed by atoms with Crippen LogP contribution in [0.4, 0.5) is 0 Å². The molecule has 6 heteroatoms. The quantitative estimate of drug-likeness (QED) is 0.786. The number of carbonyl (C=O) groups is 1. The number of aromatic nitrogens is 3. The van der Waals surface area contributed by atoms with Gasteiger partial charge in [0.2, 0.25) is 0 Å². The molecule has 0 unspecified atom stereocenters. The molecule has 1 amide bonds. The number of amides is 1. The van der Waals surface area contributed by atoms with Crippen molar-refractivity contribution >= 4 is 5.91 Å². The maximum Gasteiger partial charge on any atom is 0.273 e. The molecule has 6 nitrogen and oxygen atoms in total. The van der Waals surface area contributed by atoms with Gasteiger partial charge in [-0.1, -0.05) is 35.0 Å². The Morgan fingerprint density at radius 3 is 2.78 bits per heavy atom. The number of carbonyl (C=O) groups excluding carboxylic acids is 1. The second-order valence-corrected chi connectivity index (χ2v) is 5.33. The van der Waals surface area contributed by atoms with E-state index in [4.69, 9.17) is 4.52 Å². The average molecular weight is 310 g/mol. The highest BCUT2D eigenvalue weighted by molar-refractivity contribution is 5.93.